The van der Waals surface area contributed by atoms with Gasteiger partial charge in [0.1, 0.15) is 5.75 Å². The van der Waals surface area contributed by atoms with Crippen molar-refractivity contribution < 1.29 is 14.6 Å². The van der Waals surface area contributed by atoms with Gasteiger partial charge in [0.05, 0.1) is 13.2 Å². The number of aliphatic carboxylic acids is 1. The van der Waals surface area contributed by atoms with Gasteiger partial charge in [-0.15, -0.1) is 0 Å². The Morgan fingerprint density at radius 2 is 1.72 bits per heavy atom. The van der Waals surface area contributed by atoms with E-state index >= 15 is 0 Å². The first-order chi connectivity index (χ1) is 15.7. The third kappa shape index (κ3) is 5.85. The summed E-state index contributed by atoms with van der Waals surface area (Å²) in [5, 5.41) is 13.3. The Labute approximate surface area is 187 Å². The number of carboxylic acid groups (broad SMARTS) is 1. The molecule has 0 radical (unpaired) electrons. The minimum atomic E-state index is -0.811. The first-order valence-corrected chi connectivity index (χ1v) is 10.8. The lowest BCUT2D eigenvalue weighted by Crippen LogP contribution is -2.07. The normalized spacial score (nSPS) is 10.8. The zero-order valence-corrected chi connectivity index (χ0v) is 17.9. The summed E-state index contributed by atoms with van der Waals surface area (Å²) >= 11 is 0. The number of benzene rings is 3. The van der Waals surface area contributed by atoms with Crippen LogP contribution >= 0.6 is 0 Å². The van der Waals surface area contributed by atoms with E-state index in [4.69, 9.17) is 9.84 Å². The van der Waals surface area contributed by atoms with E-state index in [0.717, 1.165) is 23.3 Å². The summed E-state index contributed by atoms with van der Waals surface area (Å²) in [5.41, 5.74) is 5.55. The van der Waals surface area contributed by atoms with Gasteiger partial charge in [0.2, 0.25) is 0 Å². The Morgan fingerprint density at radius 3 is 2.50 bits per heavy atom. The number of aryl methyl sites for hydroxylation is 1. The molecule has 0 unspecified atom stereocenters. The lowest BCUT2D eigenvalue weighted by Gasteiger charge is -2.14. The minimum Gasteiger partial charge on any atom is -0.493 e. The minimum absolute atomic E-state index is 0.0774. The van der Waals surface area contributed by atoms with Gasteiger partial charge in [-0.25, -0.2) is 0 Å². The third-order valence-electron chi connectivity index (χ3n) is 5.33. The molecule has 5 nitrogen and oxygen atoms in total. The highest BCUT2D eigenvalue weighted by atomic mass is 16.5. The summed E-state index contributed by atoms with van der Waals surface area (Å²) < 4.78 is 8.01. The van der Waals surface area contributed by atoms with Crippen molar-refractivity contribution in [1.82, 2.24) is 9.78 Å². The molecule has 0 atom stereocenters. The van der Waals surface area contributed by atoms with Gasteiger partial charge >= 0.3 is 5.97 Å². The standard InChI is InChI=1S/C27H26N2O3/c30-27(31)13-12-24-11-10-22(20-29-16-5-15-28-29)19-26(24)32-17-14-21-6-4-9-25(18-21)23-7-2-1-3-8-23/h1-11,15-16,18-19H,12-14,17,20H2,(H,30,31). The second-order valence-electron chi connectivity index (χ2n) is 7.70. The maximum atomic E-state index is 11.1. The summed E-state index contributed by atoms with van der Waals surface area (Å²) in [6, 6.07) is 26.7. The molecule has 0 spiro atoms. The number of carbonyl (C=O) groups is 1. The number of carboxylic acids is 1. The predicted molar refractivity (Wildman–Crippen MR) is 125 cm³/mol. The molecule has 0 aliphatic carbocycles. The summed E-state index contributed by atoms with van der Waals surface area (Å²) in [5.74, 6) is -0.0654. The van der Waals surface area contributed by atoms with E-state index in [2.05, 4.69) is 41.5 Å². The lowest BCUT2D eigenvalue weighted by molar-refractivity contribution is -0.136. The zero-order chi connectivity index (χ0) is 22.2. The van der Waals surface area contributed by atoms with Crippen LogP contribution in [0.25, 0.3) is 11.1 Å². The maximum absolute atomic E-state index is 11.1. The average molecular weight is 427 g/mol. The molecule has 0 aliphatic rings. The van der Waals surface area contributed by atoms with E-state index < -0.39 is 5.97 Å². The van der Waals surface area contributed by atoms with Gasteiger partial charge in [-0.05, 0) is 46.4 Å². The average Bonchev–Trinajstić information content (AvgIpc) is 3.32. The summed E-state index contributed by atoms with van der Waals surface area (Å²) in [7, 11) is 0. The van der Waals surface area contributed by atoms with Crippen molar-refractivity contribution in [3.63, 3.8) is 0 Å². The fourth-order valence-electron chi connectivity index (χ4n) is 3.68. The lowest BCUT2D eigenvalue weighted by atomic mass is 10.0. The summed E-state index contributed by atoms with van der Waals surface area (Å²) in [6.45, 7) is 1.16. The van der Waals surface area contributed by atoms with Gasteiger partial charge in [0.15, 0.2) is 0 Å². The van der Waals surface area contributed by atoms with E-state index in [0.29, 0.717) is 19.6 Å². The van der Waals surface area contributed by atoms with E-state index in [1.54, 1.807) is 6.20 Å². The van der Waals surface area contributed by atoms with Crippen molar-refractivity contribution >= 4 is 5.97 Å². The second-order valence-corrected chi connectivity index (χ2v) is 7.70. The van der Waals surface area contributed by atoms with Crippen LogP contribution in [0.2, 0.25) is 0 Å². The van der Waals surface area contributed by atoms with Crippen LogP contribution in [0.4, 0.5) is 0 Å². The Morgan fingerprint density at radius 1 is 0.875 bits per heavy atom. The fourth-order valence-corrected chi connectivity index (χ4v) is 3.68. The van der Waals surface area contributed by atoms with Crippen LogP contribution < -0.4 is 4.74 Å². The van der Waals surface area contributed by atoms with Crippen LogP contribution in [-0.2, 0) is 24.2 Å². The molecule has 0 saturated heterocycles. The smallest absolute Gasteiger partial charge is 0.303 e. The molecule has 3 aromatic carbocycles. The molecule has 0 fully saturated rings. The van der Waals surface area contributed by atoms with E-state index in [1.165, 1.54) is 16.7 Å². The van der Waals surface area contributed by atoms with Gasteiger partial charge < -0.3 is 9.84 Å². The molecular weight excluding hydrogens is 400 g/mol. The fraction of sp³-hybridized carbons (Fsp3) is 0.185. The highest BCUT2D eigenvalue weighted by Crippen LogP contribution is 2.24. The quantitative estimate of drug-likeness (QED) is 0.377. The Bertz CT molecular complexity index is 1150. The molecule has 0 aliphatic heterocycles. The summed E-state index contributed by atoms with van der Waals surface area (Å²) in [4.78, 5) is 11.1. The molecule has 162 valence electrons. The highest BCUT2D eigenvalue weighted by Gasteiger charge is 2.09. The van der Waals surface area contributed by atoms with Gasteiger partial charge in [-0.2, -0.15) is 5.10 Å². The van der Waals surface area contributed by atoms with Crippen molar-refractivity contribution in [2.75, 3.05) is 6.61 Å². The molecule has 0 bridgehead atoms. The van der Waals surface area contributed by atoms with Crippen LogP contribution in [0.3, 0.4) is 0 Å². The van der Waals surface area contributed by atoms with Crippen LogP contribution in [-0.4, -0.2) is 27.5 Å². The molecule has 0 saturated carbocycles. The number of nitrogens with zero attached hydrogens (tertiary/aromatic N) is 2. The van der Waals surface area contributed by atoms with Crippen LogP contribution in [0.1, 0.15) is 23.1 Å². The Balaban J connectivity index is 1.45. The zero-order valence-electron chi connectivity index (χ0n) is 17.9. The van der Waals surface area contributed by atoms with Crippen LogP contribution in [0, 0.1) is 0 Å². The molecule has 32 heavy (non-hydrogen) atoms. The van der Waals surface area contributed by atoms with Crippen molar-refractivity contribution in [1.29, 1.82) is 0 Å². The van der Waals surface area contributed by atoms with Crippen molar-refractivity contribution in [2.45, 2.75) is 25.8 Å². The first kappa shape index (κ1) is 21.4. The number of hydrogen-bond donors (Lipinski definition) is 1. The molecule has 4 aromatic rings. The first-order valence-electron chi connectivity index (χ1n) is 10.8. The predicted octanol–water partition coefficient (Wildman–Crippen LogP) is 5.24. The summed E-state index contributed by atoms with van der Waals surface area (Å²) in [6.07, 6.45) is 4.95. The van der Waals surface area contributed by atoms with E-state index in [1.807, 2.05) is 53.3 Å². The van der Waals surface area contributed by atoms with Crippen LogP contribution in [0.5, 0.6) is 5.75 Å². The van der Waals surface area contributed by atoms with Crippen molar-refractivity contribution in [3.05, 3.63) is 108 Å². The molecule has 5 heteroatoms. The monoisotopic (exact) mass is 426 g/mol. The largest absolute Gasteiger partial charge is 0.493 e. The van der Waals surface area contributed by atoms with Crippen molar-refractivity contribution in [2.24, 2.45) is 0 Å². The van der Waals surface area contributed by atoms with Crippen molar-refractivity contribution in [3.8, 4) is 16.9 Å². The number of hydrogen-bond acceptors (Lipinski definition) is 3. The van der Waals surface area contributed by atoms with E-state index in [9.17, 15) is 4.79 Å². The third-order valence-corrected chi connectivity index (χ3v) is 5.33. The second kappa shape index (κ2) is 10.4. The molecular formula is C27H26N2O3. The number of aromatic nitrogens is 2. The molecule has 0 amide bonds. The number of rotatable bonds is 10. The van der Waals surface area contributed by atoms with Gasteiger partial charge in [0, 0.05) is 25.2 Å². The molecule has 1 heterocycles. The van der Waals surface area contributed by atoms with Gasteiger partial charge in [-0.3, -0.25) is 9.48 Å². The molecule has 4 rings (SSSR count). The maximum Gasteiger partial charge on any atom is 0.303 e. The van der Waals surface area contributed by atoms with Gasteiger partial charge in [-0.1, -0.05) is 66.7 Å². The van der Waals surface area contributed by atoms with Gasteiger partial charge in [0.25, 0.3) is 0 Å². The number of ether oxygens (including phenoxy) is 1. The Hall–Kier alpha value is -3.86. The van der Waals surface area contributed by atoms with Crippen LogP contribution in [0.15, 0.2) is 91.3 Å². The topological polar surface area (TPSA) is 64.3 Å². The highest BCUT2D eigenvalue weighted by molar-refractivity contribution is 5.67. The molecule has 1 aromatic heterocycles. The Kier molecular flexibility index (Phi) is 6.98. The molecule has 1 N–H and O–H groups in total. The SMILES string of the molecule is O=C(O)CCc1ccc(Cn2cccn2)cc1OCCc1cccc(-c2ccccc2)c1. The van der Waals surface area contributed by atoms with E-state index in [-0.39, 0.29) is 6.42 Å².